The summed E-state index contributed by atoms with van der Waals surface area (Å²) >= 11 is 0. The van der Waals surface area contributed by atoms with Gasteiger partial charge in [-0.15, -0.1) is 0 Å². The zero-order valence-electron chi connectivity index (χ0n) is 19.3. The Morgan fingerprint density at radius 3 is 2.44 bits per heavy atom. The molecule has 3 aromatic rings. The number of nitrogen functional groups attached to an aromatic ring is 1. The van der Waals surface area contributed by atoms with Gasteiger partial charge in [-0.1, -0.05) is 44.2 Å². The topological polar surface area (TPSA) is 140 Å². The maximum Gasteiger partial charge on any atom is 0.339 e. The number of hydrogen-bond acceptors (Lipinski definition) is 7. The minimum Gasteiger partial charge on any atom is -0.465 e. The molecule has 0 aliphatic heterocycles. The number of rotatable bonds is 8. The van der Waals surface area contributed by atoms with Crippen LogP contribution in [0.4, 0.5) is 11.5 Å². The molecule has 10 heteroatoms. The number of hydrogen-bond donors (Lipinski definition) is 2. The van der Waals surface area contributed by atoms with Gasteiger partial charge < -0.3 is 10.5 Å². The van der Waals surface area contributed by atoms with Crippen LogP contribution in [0.25, 0.3) is 0 Å². The van der Waals surface area contributed by atoms with Crippen LogP contribution in [-0.2, 0) is 11.3 Å². The van der Waals surface area contributed by atoms with Crippen LogP contribution < -0.4 is 21.9 Å². The van der Waals surface area contributed by atoms with E-state index >= 15 is 0 Å². The SMILES string of the molecule is COC(=O)c1ccc(C(=O)N(CCC(C)C)c2c(N)n(Cc3ccccc3)c(=O)[nH]c2=O)nc1. The van der Waals surface area contributed by atoms with E-state index in [4.69, 9.17) is 5.73 Å². The Hall–Kier alpha value is -4.21. The fourth-order valence-corrected chi connectivity index (χ4v) is 3.36. The van der Waals surface area contributed by atoms with E-state index in [2.05, 4.69) is 14.7 Å². The third-order valence-electron chi connectivity index (χ3n) is 5.25. The summed E-state index contributed by atoms with van der Waals surface area (Å²) in [5.41, 5.74) is 5.73. The molecule has 0 bridgehead atoms. The monoisotopic (exact) mass is 465 g/mol. The minimum absolute atomic E-state index is 0.0102. The first-order valence-corrected chi connectivity index (χ1v) is 10.8. The van der Waals surface area contributed by atoms with Crippen molar-refractivity contribution in [3.63, 3.8) is 0 Å². The van der Waals surface area contributed by atoms with Gasteiger partial charge in [0.1, 0.15) is 11.5 Å². The maximum absolute atomic E-state index is 13.4. The normalized spacial score (nSPS) is 10.8. The predicted molar refractivity (Wildman–Crippen MR) is 128 cm³/mol. The van der Waals surface area contributed by atoms with Crippen LogP contribution in [0.5, 0.6) is 0 Å². The summed E-state index contributed by atoms with van der Waals surface area (Å²) < 4.78 is 5.87. The van der Waals surface area contributed by atoms with Crippen LogP contribution in [0.1, 0.15) is 46.7 Å². The number of anilines is 2. The molecule has 0 unspecified atom stereocenters. The van der Waals surface area contributed by atoms with Crippen molar-refractivity contribution in [1.29, 1.82) is 0 Å². The number of nitrogens with two attached hydrogens (primary N) is 1. The lowest BCUT2D eigenvalue weighted by molar-refractivity contribution is 0.0599. The summed E-state index contributed by atoms with van der Waals surface area (Å²) in [6.45, 7) is 4.26. The van der Waals surface area contributed by atoms with Gasteiger partial charge in [-0.25, -0.2) is 9.59 Å². The van der Waals surface area contributed by atoms with E-state index in [9.17, 15) is 19.2 Å². The summed E-state index contributed by atoms with van der Waals surface area (Å²) in [6.07, 6.45) is 1.80. The number of methoxy groups -OCH3 is 1. The van der Waals surface area contributed by atoms with Gasteiger partial charge in [-0.05, 0) is 30.0 Å². The highest BCUT2D eigenvalue weighted by molar-refractivity contribution is 6.06. The Bertz CT molecular complexity index is 1280. The minimum atomic E-state index is -0.768. The second-order valence-electron chi connectivity index (χ2n) is 8.13. The van der Waals surface area contributed by atoms with Crippen LogP contribution in [0.15, 0.2) is 58.3 Å². The molecule has 1 amide bonds. The molecule has 3 rings (SSSR count). The quantitative estimate of drug-likeness (QED) is 0.485. The van der Waals surface area contributed by atoms with E-state index in [1.807, 2.05) is 44.2 Å². The number of aromatic amines is 1. The van der Waals surface area contributed by atoms with Crippen LogP contribution >= 0.6 is 0 Å². The number of amides is 1. The van der Waals surface area contributed by atoms with Crippen molar-refractivity contribution in [2.75, 3.05) is 24.3 Å². The molecule has 10 nitrogen and oxygen atoms in total. The number of carbonyl (C=O) groups is 2. The molecule has 0 saturated carbocycles. The third-order valence-corrected chi connectivity index (χ3v) is 5.25. The summed E-state index contributed by atoms with van der Waals surface area (Å²) in [7, 11) is 1.24. The summed E-state index contributed by atoms with van der Waals surface area (Å²) in [5, 5.41) is 0. The van der Waals surface area contributed by atoms with Crippen LogP contribution in [-0.4, -0.2) is 40.1 Å². The van der Waals surface area contributed by atoms with E-state index in [1.54, 1.807) is 0 Å². The fourth-order valence-electron chi connectivity index (χ4n) is 3.36. The first kappa shape index (κ1) is 24.4. The molecule has 0 aliphatic carbocycles. The number of nitrogens with zero attached hydrogens (tertiary/aromatic N) is 3. The van der Waals surface area contributed by atoms with Crippen molar-refractivity contribution in [2.24, 2.45) is 5.92 Å². The first-order valence-electron chi connectivity index (χ1n) is 10.8. The van der Waals surface area contributed by atoms with Crippen molar-refractivity contribution in [3.05, 3.63) is 86.3 Å². The lowest BCUT2D eigenvalue weighted by atomic mass is 10.1. The van der Waals surface area contributed by atoms with Crippen molar-refractivity contribution in [3.8, 4) is 0 Å². The van der Waals surface area contributed by atoms with Crippen molar-refractivity contribution in [1.82, 2.24) is 14.5 Å². The first-order chi connectivity index (χ1) is 16.2. The number of carbonyl (C=O) groups excluding carboxylic acids is 2. The molecule has 2 heterocycles. The second-order valence-corrected chi connectivity index (χ2v) is 8.13. The van der Waals surface area contributed by atoms with Crippen LogP contribution in [0.2, 0.25) is 0 Å². The molecule has 2 aromatic heterocycles. The zero-order chi connectivity index (χ0) is 24.8. The smallest absolute Gasteiger partial charge is 0.339 e. The van der Waals surface area contributed by atoms with Gasteiger partial charge >= 0.3 is 11.7 Å². The Kier molecular flexibility index (Phi) is 7.62. The molecule has 0 saturated heterocycles. The molecule has 0 fully saturated rings. The molecular formula is C24H27N5O5. The number of ether oxygens (including phenoxy) is 1. The van der Waals surface area contributed by atoms with E-state index < -0.39 is 23.1 Å². The van der Waals surface area contributed by atoms with Gasteiger partial charge in [0.25, 0.3) is 11.5 Å². The highest BCUT2D eigenvalue weighted by Gasteiger charge is 2.26. The van der Waals surface area contributed by atoms with E-state index in [0.717, 1.165) is 5.56 Å². The standard InChI is InChI=1S/C24H27N5O5/c1-15(2)11-12-28(22(31)18-10-9-17(13-26-18)23(32)34-3)19-20(25)29(24(33)27-21(19)30)14-16-7-5-4-6-8-16/h4-10,13,15H,11-12,14,25H2,1-3H3,(H,27,30,33). The average Bonchev–Trinajstić information content (AvgIpc) is 2.83. The predicted octanol–water partition coefficient (Wildman–Crippen LogP) is 2.04. The molecule has 1 aromatic carbocycles. The summed E-state index contributed by atoms with van der Waals surface area (Å²) in [6, 6.07) is 11.9. The summed E-state index contributed by atoms with van der Waals surface area (Å²) in [4.78, 5) is 58.1. The molecule has 0 radical (unpaired) electrons. The summed E-state index contributed by atoms with van der Waals surface area (Å²) in [5.74, 6) is -1.07. The highest BCUT2D eigenvalue weighted by atomic mass is 16.5. The molecule has 3 N–H and O–H groups in total. The zero-order valence-corrected chi connectivity index (χ0v) is 19.3. The molecule has 0 atom stereocenters. The third kappa shape index (κ3) is 5.40. The van der Waals surface area contributed by atoms with E-state index in [-0.39, 0.29) is 41.8 Å². The van der Waals surface area contributed by atoms with Crippen molar-refractivity contribution >= 4 is 23.4 Å². The number of benzene rings is 1. The number of nitrogens with one attached hydrogen (secondary N) is 1. The molecule has 178 valence electrons. The molecule has 0 aliphatic rings. The van der Waals surface area contributed by atoms with E-state index in [1.165, 1.54) is 34.9 Å². The fraction of sp³-hybridized carbons (Fsp3) is 0.292. The Balaban J connectivity index is 2.07. The number of esters is 1. The number of aromatic nitrogens is 3. The highest BCUT2D eigenvalue weighted by Crippen LogP contribution is 2.21. The van der Waals surface area contributed by atoms with Crippen LogP contribution in [0, 0.1) is 5.92 Å². The van der Waals surface area contributed by atoms with Gasteiger partial charge in [0, 0.05) is 12.7 Å². The van der Waals surface area contributed by atoms with Gasteiger partial charge in [-0.3, -0.25) is 29.0 Å². The molecule has 34 heavy (non-hydrogen) atoms. The maximum atomic E-state index is 13.4. The Morgan fingerprint density at radius 1 is 1.15 bits per heavy atom. The van der Waals surface area contributed by atoms with Crippen molar-refractivity contribution < 1.29 is 14.3 Å². The van der Waals surface area contributed by atoms with Gasteiger partial charge in [0.2, 0.25) is 0 Å². The number of H-pyrrole nitrogens is 1. The lowest BCUT2D eigenvalue weighted by Gasteiger charge is -2.25. The molecular weight excluding hydrogens is 438 g/mol. The number of pyridine rings is 1. The van der Waals surface area contributed by atoms with Gasteiger partial charge in [0.15, 0.2) is 5.69 Å². The Morgan fingerprint density at radius 2 is 1.85 bits per heavy atom. The van der Waals surface area contributed by atoms with E-state index in [0.29, 0.717) is 6.42 Å². The van der Waals surface area contributed by atoms with Crippen LogP contribution in [0.3, 0.4) is 0 Å². The second kappa shape index (κ2) is 10.6. The average molecular weight is 466 g/mol. The lowest BCUT2D eigenvalue weighted by Crippen LogP contribution is -2.42. The molecule has 0 spiro atoms. The largest absolute Gasteiger partial charge is 0.465 e. The Labute approximate surface area is 196 Å². The van der Waals surface area contributed by atoms with Gasteiger partial charge in [-0.2, -0.15) is 0 Å². The van der Waals surface area contributed by atoms with Crippen molar-refractivity contribution in [2.45, 2.75) is 26.8 Å². The van der Waals surface area contributed by atoms with Gasteiger partial charge in [0.05, 0.1) is 19.2 Å².